The van der Waals surface area contributed by atoms with Crippen LogP contribution in [-0.4, -0.2) is 43.7 Å². The average molecular weight is 378 g/mol. The number of carbonyl (C=O) groups is 1. The van der Waals surface area contributed by atoms with Gasteiger partial charge in [0.2, 0.25) is 0 Å². The molecule has 0 spiro atoms. The van der Waals surface area contributed by atoms with Crippen molar-refractivity contribution in [3.05, 3.63) is 28.8 Å². The molecule has 0 unspecified atom stereocenters. The van der Waals surface area contributed by atoms with E-state index < -0.39 is 11.7 Å². The lowest BCUT2D eigenvalue weighted by Crippen LogP contribution is -2.52. The van der Waals surface area contributed by atoms with E-state index in [0.717, 1.165) is 12.5 Å². The molecule has 25 heavy (non-hydrogen) atoms. The largest absolute Gasteiger partial charge is 0.417 e. The molecule has 140 valence electrons. The fraction of sp³-hybridized carbons (Fsp3) is 0.588. The van der Waals surface area contributed by atoms with Gasteiger partial charge in [0, 0.05) is 38.4 Å². The first-order valence-electron chi connectivity index (χ1n) is 8.33. The predicted molar refractivity (Wildman–Crippen MR) is 93.1 cm³/mol. The van der Waals surface area contributed by atoms with Gasteiger partial charge in [-0.2, -0.15) is 13.2 Å². The van der Waals surface area contributed by atoms with Crippen LogP contribution in [0, 0.1) is 5.92 Å². The Morgan fingerprint density at radius 1 is 1.24 bits per heavy atom. The Labute approximate surface area is 150 Å². The summed E-state index contributed by atoms with van der Waals surface area (Å²) in [5, 5.41) is 2.57. The maximum Gasteiger partial charge on any atom is 0.417 e. The van der Waals surface area contributed by atoms with Crippen molar-refractivity contribution in [1.82, 2.24) is 10.2 Å². The van der Waals surface area contributed by atoms with Crippen molar-refractivity contribution >= 4 is 23.3 Å². The summed E-state index contributed by atoms with van der Waals surface area (Å²) in [6.07, 6.45) is -3.57. The second-order valence-corrected chi connectivity index (χ2v) is 6.96. The molecule has 0 aliphatic carbocycles. The maximum absolute atomic E-state index is 13.0. The van der Waals surface area contributed by atoms with Crippen LogP contribution < -0.4 is 10.2 Å². The minimum atomic E-state index is -4.48. The third kappa shape index (κ3) is 5.42. The van der Waals surface area contributed by atoms with Crippen LogP contribution in [0.1, 0.15) is 25.8 Å². The van der Waals surface area contributed by atoms with Crippen LogP contribution in [0.15, 0.2) is 18.2 Å². The van der Waals surface area contributed by atoms with Crippen molar-refractivity contribution in [2.75, 3.05) is 37.6 Å². The van der Waals surface area contributed by atoms with Gasteiger partial charge in [-0.1, -0.05) is 25.4 Å². The minimum Gasteiger partial charge on any atom is -0.368 e. The molecule has 1 aromatic carbocycles. The molecule has 8 heteroatoms. The van der Waals surface area contributed by atoms with Crippen molar-refractivity contribution < 1.29 is 18.0 Å². The van der Waals surface area contributed by atoms with Crippen LogP contribution in [0.3, 0.4) is 0 Å². The molecule has 0 radical (unpaired) electrons. The van der Waals surface area contributed by atoms with E-state index in [4.69, 9.17) is 11.6 Å². The third-order valence-electron chi connectivity index (χ3n) is 4.19. The topological polar surface area (TPSA) is 35.6 Å². The van der Waals surface area contributed by atoms with E-state index in [1.807, 2.05) is 4.90 Å². The van der Waals surface area contributed by atoms with E-state index in [1.54, 1.807) is 11.0 Å². The van der Waals surface area contributed by atoms with Gasteiger partial charge in [0.05, 0.1) is 10.6 Å². The zero-order valence-electron chi connectivity index (χ0n) is 14.4. The quantitative estimate of drug-likeness (QED) is 0.852. The zero-order valence-corrected chi connectivity index (χ0v) is 15.1. The number of anilines is 1. The average Bonchev–Trinajstić information content (AvgIpc) is 2.54. The molecule has 1 saturated heterocycles. The Bertz CT molecular complexity index is 599. The van der Waals surface area contributed by atoms with Crippen LogP contribution in [0.5, 0.6) is 0 Å². The van der Waals surface area contributed by atoms with Gasteiger partial charge in [0.1, 0.15) is 0 Å². The number of carbonyl (C=O) groups excluding carboxylic acids is 1. The van der Waals surface area contributed by atoms with Gasteiger partial charge in [-0.3, -0.25) is 0 Å². The van der Waals surface area contributed by atoms with Crippen LogP contribution in [-0.2, 0) is 6.18 Å². The van der Waals surface area contributed by atoms with Crippen molar-refractivity contribution in [2.24, 2.45) is 5.92 Å². The first-order valence-corrected chi connectivity index (χ1v) is 8.70. The molecule has 0 bridgehead atoms. The first-order chi connectivity index (χ1) is 11.7. The van der Waals surface area contributed by atoms with Gasteiger partial charge in [0.15, 0.2) is 0 Å². The number of alkyl halides is 3. The lowest BCUT2D eigenvalue weighted by Gasteiger charge is -2.36. The summed E-state index contributed by atoms with van der Waals surface area (Å²) in [6, 6.07) is 3.80. The summed E-state index contributed by atoms with van der Waals surface area (Å²) in [4.78, 5) is 15.6. The molecule has 1 N–H and O–H groups in total. The van der Waals surface area contributed by atoms with Crippen molar-refractivity contribution in [3.63, 3.8) is 0 Å². The van der Waals surface area contributed by atoms with Crippen LogP contribution in [0.25, 0.3) is 0 Å². The second kappa shape index (κ2) is 8.17. The Hall–Kier alpha value is -1.63. The number of halogens is 4. The number of urea groups is 1. The Morgan fingerprint density at radius 3 is 2.44 bits per heavy atom. The lowest BCUT2D eigenvalue weighted by molar-refractivity contribution is -0.137. The summed E-state index contributed by atoms with van der Waals surface area (Å²) in [5.74, 6) is 0.518. The zero-order chi connectivity index (χ0) is 18.6. The summed E-state index contributed by atoms with van der Waals surface area (Å²) in [6.45, 7) is 6.71. The molecular formula is C17H23ClF3N3O. The molecule has 2 rings (SSSR count). The third-order valence-corrected chi connectivity index (χ3v) is 4.51. The van der Waals surface area contributed by atoms with Crippen LogP contribution in [0.4, 0.5) is 23.7 Å². The van der Waals surface area contributed by atoms with Gasteiger partial charge < -0.3 is 15.1 Å². The number of benzene rings is 1. The Kier molecular flexibility index (Phi) is 6.43. The highest BCUT2D eigenvalue weighted by Gasteiger charge is 2.34. The monoisotopic (exact) mass is 377 g/mol. The number of nitrogens with one attached hydrogen (secondary N) is 1. The number of hydrogen-bond donors (Lipinski definition) is 1. The van der Waals surface area contributed by atoms with Crippen molar-refractivity contribution in [3.8, 4) is 0 Å². The molecule has 1 aromatic rings. The SMILES string of the molecule is CC(C)CCNC(=O)N1CCN(c2ccc(Cl)c(C(F)(F)F)c2)CC1. The van der Waals surface area contributed by atoms with Gasteiger partial charge in [-0.15, -0.1) is 0 Å². The molecule has 0 aromatic heterocycles. The normalized spacial score (nSPS) is 15.6. The maximum atomic E-state index is 13.0. The number of hydrogen-bond acceptors (Lipinski definition) is 2. The van der Waals surface area contributed by atoms with E-state index in [9.17, 15) is 18.0 Å². The fourth-order valence-corrected chi connectivity index (χ4v) is 2.90. The van der Waals surface area contributed by atoms with Gasteiger partial charge in [-0.05, 0) is 30.5 Å². The van der Waals surface area contributed by atoms with Crippen molar-refractivity contribution in [2.45, 2.75) is 26.4 Å². The van der Waals surface area contributed by atoms with Gasteiger partial charge in [-0.25, -0.2) is 4.79 Å². The Balaban J connectivity index is 1.93. The summed E-state index contributed by atoms with van der Waals surface area (Å²) >= 11 is 5.66. The summed E-state index contributed by atoms with van der Waals surface area (Å²) < 4.78 is 38.9. The molecular weight excluding hydrogens is 355 g/mol. The highest BCUT2D eigenvalue weighted by molar-refractivity contribution is 6.31. The van der Waals surface area contributed by atoms with E-state index in [-0.39, 0.29) is 11.1 Å². The molecule has 1 heterocycles. The summed E-state index contributed by atoms with van der Waals surface area (Å²) in [5.41, 5.74) is -0.364. The van der Waals surface area contributed by atoms with E-state index in [2.05, 4.69) is 19.2 Å². The van der Waals surface area contributed by atoms with Gasteiger partial charge in [0.25, 0.3) is 0 Å². The van der Waals surface area contributed by atoms with Crippen LogP contribution in [0.2, 0.25) is 5.02 Å². The second-order valence-electron chi connectivity index (χ2n) is 6.55. The van der Waals surface area contributed by atoms with E-state index in [1.165, 1.54) is 6.07 Å². The first kappa shape index (κ1) is 19.7. The summed E-state index contributed by atoms with van der Waals surface area (Å²) in [7, 11) is 0. The predicted octanol–water partition coefficient (Wildman–Crippen LogP) is 4.24. The number of nitrogens with zero attached hydrogens (tertiary/aromatic N) is 2. The lowest BCUT2D eigenvalue weighted by atomic mass is 10.1. The molecule has 1 fully saturated rings. The molecule has 0 saturated carbocycles. The molecule has 1 aliphatic heterocycles. The molecule has 2 amide bonds. The van der Waals surface area contributed by atoms with E-state index in [0.29, 0.717) is 44.3 Å². The smallest absolute Gasteiger partial charge is 0.368 e. The number of amides is 2. The van der Waals surface area contributed by atoms with Crippen LogP contribution >= 0.6 is 11.6 Å². The number of rotatable bonds is 4. The highest BCUT2D eigenvalue weighted by atomic mass is 35.5. The Morgan fingerprint density at radius 2 is 1.88 bits per heavy atom. The fourth-order valence-electron chi connectivity index (χ4n) is 2.67. The molecule has 4 nitrogen and oxygen atoms in total. The van der Waals surface area contributed by atoms with Crippen molar-refractivity contribution in [1.29, 1.82) is 0 Å². The standard InChI is InChI=1S/C17H23ClF3N3O/c1-12(2)5-6-22-16(25)24-9-7-23(8-10-24)13-3-4-15(18)14(11-13)17(19,20)21/h3-4,11-12H,5-10H2,1-2H3,(H,22,25). The molecule has 0 atom stereocenters. The highest BCUT2D eigenvalue weighted by Crippen LogP contribution is 2.37. The number of piperazine rings is 1. The van der Waals surface area contributed by atoms with E-state index >= 15 is 0 Å². The minimum absolute atomic E-state index is 0.118. The molecule has 1 aliphatic rings. The van der Waals surface area contributed by atoms with Gasteiger partial charge >= 0.3 is 12.2 Å².